The molecule has 1 heteroatoms. The summed E-state index contributed by atoms with van der Waals surface area (Å²) in [6, 6.07) is 0.243. The first kappa shape index (κ1) is 7.70. The quantitative estimate of drug-likeness (QED) is 0.540. The van der Waals surface area contributed by atoms with Gasteiger partial charge in [0.1, 0.15) is 0 Å². The Balaban J connectivity index is 3.64. The minimum absolute atomic E-state index is 0.243. The largest absolute Gasteiger partial charge is 0.327 e. The van der Waals surface area contributed by atoms with Crippen LogP contribution in [0.2, 0.25) is 0 Å². The van der Waals surface area contributed by atoms with E-state index in [2.05, 4.69) is 13.5 Å². The van der Waals surface area contributed by atoms with Crippen LogP contribution in [0.1, 0.15) is 20.8 Å². The Morgan fingerprint density at radius 1 is 1.50 bits per heavy atom. The molecule has 0 aliphatic heterocycles. The molecule has 0 aromatic carbocycles. The normalized spacial score (nSPS) is 17.5. The Morgan fingerprint density at radius 3 is 1.88 bits per heavy atom. The van der Waals surface area contributed by atoms with E-state index in [9.17, 15) is 0 Å². The van der Waals surface area contributed by atoms with Gasteiger partial charge in [0.25, 0.3) is 0 Å². The van der Waals surface area contributed by atoms with Crippen LogP contribution in [0.25, 0.3) is 0 Å². The second kappa shape index (κ2) is 2.88. The zero-order valence-electron chi connectivity index (χ0n) is 5.94. The lowest BCUT2D eigenvalue weighted by Gasteiger charge is -2.14. The smallest absolute Gasteiger partial charge is 0.00732 e. The van der Waals surface area contributed by atoms with Gasteiger partial charge in [0.05, 0.1) is 0 Å². The minimum atomic E-state index is 0.243. The maximum Gasteiger partial charge on any atom is 0.00732 e. The fraction of sp³-hybridized carbons (Fsp3) is 0.714. The minimum Gasteiger partial charge on any atom is -0.327 e. The lowest BCUT2D eigenvalue weighted by Crippen LogP contribution is -2.24. The molecule has 2 atom stereocenters. The van der Waals surface area contributed by atoms with Gasteiger partial charge in [0.2, 0.25) is 0 Å². The molecule has 0 rings (SSSR count). The lowest BCUT2D eigenvalue weighted by molar-refractivity contribution is 0.555. The van der Waals surface area contributed by atoms with Crippen molar-refractivity contribution in [3.63, 3.8) is 0 Å². The Hall–Kier alpha value is -0.300. The first-order chi connectivity index (χ1) is 3.55. The van der Waals surface area contributed by atoms with Gasteiger partial charge in [-0.2, -0.15) is 0 Å². The maximum atomic E-state index is 5.58. The van der Waals surface area contributed by atoms with Crippen molar-refractivity contribution in [1.29, 1.82) is 0 Å². The second-order valence-corrected chi connectivity index (χ2v) is 2.49. The summed E-state index contributed by atoms with van der Waals surface area (Å²) in [7, 11) is 0. The predicted octanol–water partition coefficient (Wildman–Crippen LogP) is 1.55. The summed E-state index contributed by atoms with van der Waals surface area (Å²) in [6.07, 6.45) is 0. The lowest BCUT2D eigenvalue weighted by atomic mass is 9.98. The Bertz CT molecular complexity index is 84.4. The zero-order chi connectivity index (χ0) is 6.73. The summed E-state index contributed by atoms with van der Waals surface area (Å²) in [4.78, 5) is 0. The number of nitrogens with two attached hydrogens (primary N) is 1. The van der Waals surface area contributed by atoms with E-state index in [0.29, 0.717) is 5.92 Å². The zero-order valence-corrected chi connectivity index (χ0v) is 5.94. The predicted molar refractivity (Wildman–Crippen MR) is 37.6 cm³/mol. The first-order valence-electron chi connectivity index (χ1n) is 2.96. The van der Waals surface area contributed by atoms with Crippen molar-refractivity contribution in [2.75, 3.05) is 0 Å². The molecule has 0 aromatic rings. The van der Waals surface area contributed by atoms with E-state index in [1.165, 1.54) is 5.57 Å². The number of hydrogen-bond acceptors (Lipinski definition) is 1. The van der Waals surface area contributed by atoms with Gasteiger partial charge in [0, 0.05) is 6.04 Å². The molecule has 0 aliphatic rings. The summed E-state index contributed by atoms with van der Waals surface area (Å²) in [5.41, 5.74) is 6.74. The van der Waals surface area contributed by atoms with Crippen LogP contribution in [0.4, 0.5) is 0 Å². The highest BCUT2D eigenvalue weighted by atomic mass is 14.6. The molecular formula is C7H15N. The molecule has 0 saturated carbocycles. The highest BCUT2D eigenvalue weighted by Gasteiger charge is 2.05. The van der Waals surface area contributed by atoms with Crippen molar-refractivity contribution in [2.45, 2.75) is 26.8 Å². The SMILES string of the molecule is C=C(C)[C@@H](C)C(C)N. The van der Waals surface area contributed by atoms with Gasteiger partial charge in [-0.3, -0.25) is 0 Å². The summed E-state index contributed by atoms with van der Waals surface area (Å²) < 4.78 is 0. The summed E-state index contributed by atoms with van der Waals surface area (Å²) in [5, 5.41) is 0. The van der Waals surface area contributed by atoms with Crippen LogP contribution in [0, 0.1) is 5.92 Å². The topological polar surface area (TPSA) is 26.0 Å². The van der Waals surface area contributed by atoms with Gasteiger partial charge in [-0.1, -0.05) is 19.1 Å². The van der Waals surface area contributed by atoms with Crippen LogP contribution < -0.4 is 5.73 Å². The Labute approximate surface area is 51.6 Å². The first-order valence-corrected chi connectivity index (χ1v) is 2.96. The molecule has 48 valence electrons. The van der Waals surface area contributed by atoms with Crippen molar-refractivity contribution in [3.05, 3.63) is 12.2 Å². The molecule has 2 N–H and O–H groups in total. The van der Waals surface area contributed by atoms with Gasteiger partial charge in [0.15, 0.2) is 0 Å². The van der Waals surface area contributed by atoms with Crippen molar-refractivity contribution in [3.8, 4) is 0 Å². The molecule has 0 bridgehead atoms. The highest BCUT2D eigenvalue weighted by Crippen LogP contribution is 2.08. The number of rotatable bonds is 2. The maximum absolute atomic E-state index is 5.58. The van der Waals surface area contributed by atoms with E-state index in [0.717, 1.165) is 0 Å². The third-order valence-corrected chi connectivity index (χ3v) is 1.57. The van der Waals surface area contributed by atoms with Crippen LogP contribution in [-0.4, -0.2) is 6.04 Å². The van der Waals surface area contributed by atoms with Crippen molar-refractivity contribution < 1.29 is 0 Å². The van der Waals surface area contributed by atoms with Crippen LogP contribution >= 0.6 is 0 Å². The molecule has 1 unspecified atom stereocenters. The van der Waals surface area contributed by atoms with Crippen LogP contribution in [0.5, 0.6) is 0 Å². The van der Waals surface area contributed by atoms with E-state index >= 15 is 0 Å². The van der Waals surface area contributed by atoms with Crippen LogP contribution in [-0.2, 0) is 0 Å². The van der Waals surface area contributed by atoms with Crippen LogP contribution in [0.15, 0.2) is 12.2 Å². The van der Waals surface area contributed by atoms with E-state index < -0.39 is 0 Å². The molecule has 0 aliphatic carbocycles. The standard InChI is InChI=1S/C7H15N/c1-5(2)6(3)7(4)8/h6-7H,1,8H2,2-4H3/t6-,7?/m1/s1. The van der Waals surface area contributed by atoms with Gasteiger partial charge >= 0.3 is 0 Å². The molecule has 0 heterocycles. The van der Waals surface area contributed by atoms with Crippen molar-refractivity contribution in [2.24, 2.45) is 11.7 Å². The monoisotopic (exact) mass is 113 g/mol. The summed E-state index contributed by atoms with van der Waals surface area (Å²) in [6.45, 7) is 9.89. The third kappa shape index (κ3) is 2.12. The van der Waals surface area contributed by atoms with E-state index in [4.69, 9.17) is 5.73 Å². The van der Waals surface area contributed by atoms with E-state index in [1.807, 2.05) is 13.8 Å². The molecule has 0 amide bonds. The van der Waals surface area contributed by atoms with Crippen molar-refractivity contribution >= 4 is 0 Å². The summed E-state index contributed by atoms with van der Waals surface area (Å²) in [5.74, 6) is 0.454. The average molecular weight is 113 g/mol. The van der Waals surface area contributed by atoms with Gasteiger partial charge in [-0.25, -0.2) is 0 Å². The van der Waals surface area contributed by atoms with Crippen LogP contribution in [0.3, 0.4) is 0 Å². The van der Waals surface area contributed by atoms with Gasteiger partial charge in [-0.05, 0) is 19.8 Å². The number of hydrogen-bond donors (Lipinski definition) is 1. The highest BCUT2D eigenvalue weighted by molar-refractivity contribution is 4.97. The molecule has 1 nitrogen and oxygen atoms in total. The Kier molecular flexibility index (Phi) is 2.77. The average Bonchev–Trinajstić information content (AvgIpc) is 1.64. The van der Waals surface area contributed by atoms with Crippen molar-refractivity contribution in [1.82, 2.24) is 0 Å². The fourth-order valence-corrected chi connectivity index (χ4v) is 0.449. The molecule has 8 heavy (non-hydrogen) atoms. The fourth-order valence-electron chi connectivity index (χ4n) is 0.449. The molecular weight excluding hydrogens is 98.1 g/mol. The molecule has 0 spiro atoms. The second-order valence-electron chi connectivity index (χ2n) is 2.49. The van der Waals surface area contributed by atoms with E-state index in [-0.39, 0.29) is 6.04 Å². The third-order valence-electron chi connectivity index (χ3n) is 1.57. The van der Waals surface area contributed by atoms with Gasteiger partial charge in [-0.15, -0.1) is 0 Å². The summed E-state index contributed by atoms with van der Waals surface area (Å²) >= 11 is 0. The molecule has 0 fully saturated rings. The molecule has 0 aromatic heterocycles. The van der Waals surface area contributed by atoms with Gasteiger partial charge < -0.3 is 5.73 Å². The Morgan fingerprint density at radius 2 is 1.88 bits per heavy atom. The molecule has 0 radical (unpaired) electrons. The van der Waals surface area contributed by atoms with E-state index in [1.54, 1.807) is 0 Å². The molecule has 0 saturated heterocycles.